The lowest BCUT2D eigenvalue weighted by Gasteiger charge is -2.33. The molecule has 5 N–H and O–H groups in total. The summed E-state index contributed by atoms with van der Waals surface area (Å²) in [5.41, 5.74) is 6.53. The molecule has 0 spiro atoms. The van der Waals surface area contributed by atoms with Gasteiger partial charge in [-0.2, -0.15) is 10.1 Å². The third kappa shape index (κ3) is 5.99. The number of carbonyl (C=O) groups is 2. The number of nitrogens with one attached hydrogen (secondary N) is 3. The summed E-state index contributed by atoms with van der Waals surface area (Å²) < 4.78 is 7.18. The molecule has 2 aromatic heterocycles. The molecule has 0 saturated heterocycles. The van der Waals surface area contributed by atoms with Gasteiger partial charge in [-0.3, -0.25) is 9.48 Å². The SMILES string of the molecule is Cn1ncc2c(Nc3nc(NC[C@@H]4CCCC[C@@H]4NC(=O)OC(C)(C)C)nnc3C(N)=O)cccc21. The number of aryl methyl sites for hydroxylation is 1. The normalized spacial score (nSPS) is 18.0. The number of nitrogens with two attached hydrogens (primary N) is 1. The quantitative estimate of drug-likeness (QED) is 0.386. The number of aromatic nitrogens is 5. The van der Waals surface area contributed by atoms with Gasteiger partial charge in [0.1, 0.15) is 5.60 Å². The highest BCUT2D eigenvalue weighted by molar-refractivity contribution is 5.98. The Morgan fingerprint density at radius 3 is 2.72 bits per heavy atom. The van der Waals surface area contributed by atoms with Crippen LogP contribution in [0, 0.1) is 5.92 Å². The fourth-order valence-corrected chi connectivity index (χ4v) is 4.39. The molecule has 0 aliphatic heterocycles. The van der Waals surface area contributed by atoms with Crippen molar-refractivity contribution in [3.05, 3.63) is 30.1 Å². The predicted molar refractivity (Wildman–Crippen MR) is 136 cm³/mol. The van der Waals surface area contributed by atoms with E-state index in [0.717, 1.165) is 36.6 Å². The molecule has 1 aromatic carbocycles. The van der Waals surface area contributed by atoms with Crippen LogP contribution in [0.3, 0.4) is 0 Å². The first kappa shape index (κ1) is 25.1. The van der Waals surface area contributed by atoms with Gasteiger partial charge in [-0.15, -0.1) is 10.2 Å². The van der Waals surface area contributed by atoms with Crippen LogP contribution in [-0.4, -0.2) is 55.1 Å². The van der Waals surface area contributed by atoms with Crippen molar-refractivity contribution in [1.82, 2.24) is 30.3 Å². The summed E-state index contributed by atoms with van der Waals surface area (Å²) in [6, 6.07) is 5.66. The van der Waals surface area contributed by atoms with Gasteiger partial charge in [-0.1, -0.05) is 18.9 Å². The summed E-state index contributed by atoms with van der Waals surface area (Å²) in [5, 5.41) is 22.6. The highest BCUT2D eigenvalue weighted by Crippen LogP contribution is 2.28. The molecular formula is C24H33N9O3. The fourth-order valence-electron chi connectivity index (χ4n) is 4.39. The van der Waals surface area contributed by atoms with Gasteiger partial charge in [0.05, 0.1) is 17.4 Å². The molecule has 2 atom stereocenters. The number of hydrogen-bond donors (Lipinski definition) is 4. The molecule has 0 unspecified atom stereocenters. The van der Waals surface area contributed by atoms with Crippen LogP contribution in [0.5, 0.6) is 0 Å². The molecule has 0 radical (unpaired) electrons. The van der Waals surface area contributed by atoms with Crippen molar-refractivity contribution in [3.8, 4) is 0 Å². The molecule has 12 nitrogen and oxygen atoms in total. The minimum Gasteiger partial charge on any atom is -0.444 e. The molecule has 1 fully saturated rings. The zero-order valence-electron chi connectivity index (χ0n) is 21.0. The zero-order chi connectivity index (χ0) is 25.9. The lowest BCUT2D eigenvalue weighted by atomic mass is 9.84. The van der Waals surface area contributed by atoms with Gasteiger partial charge in [-0.05, 0) is 51.7 Å². The first-order valence-corrected chi connectivity index (χ1v) is 12.1. The van der Waals surface area contributed by atoms with Crippen LogP contribution in [0.1, 0.15) is 56.9 Å². The average molecular weight is 496 g/mol. The molecule has 4 rings (SSSR count). The molecule has 1 aliphatic rings. The Balaban J connectivity index is 1.49. The lowest BCUT2D eigenvalue weighted by Crippen LogP contribution is -2.46. The molecular weight excluding hydrogens is 462 g/mol. The Morgan fingerprint density at radius 2 is 1.97 bits per heavy atom. The van der Waals surface area contributed by atoms with E-state index < -0.39 is 17.6 Å². The van der Waals surface area contributed by atoms with E-state index in [1.54, 1.807) is 10.9 Å². The van der Waals surface area contributed by atoms with E-state index in [0.29, 0.717) is 12.2 Å². The van der Waals surface area contributed by atoms with E-state index in [-0.39, 0.29) is 29.4 Å². The highest BCUT2D eigenvalue weighted by Gasteiger charge is 2.28. The molecule has 2 amide bonds. The maximum Gasteiger partial charge on any atom is 0.407 e. The topological polar surface area (TPSA) is 162 Å². The van der Waals surface area contributed by atoms with Gasteiger partial charge < -0.3 is 26.4 Å². The first-order chi connectivity index (χ1) is 17.1. The van der Waals surface area contributed by atoms with Crippen molar-refractivity contribution in [2.75, 3.05) is 17.2 Å². The molecule has 192 valence electrons. The van der Waals surface area contributed by atoms with E-state index in [1.807, 2.05) is 46.0 Å². The molecule has 0 bridgehead atoms. The van der Waals surface area contributed by atoms with E-state index in [2.05, 4.69) is 36.2 Å². The fraction of sp³-hybridized carbons (Fsp3) is 0.500. The van der Waals surface area contributed by atoms with Crippen molar-refractivity contribution in [1.29, 1.82) is 0 Å². The van der Waals surface area contributed by atoms with Gasteiger partial charge in [0.15, 0.2) is 11.5 Å². The van der Waals surface area contributed by atoms with Crippen LogP contribution in [0.15, 0.2) is 24.4 Å². The number of hydrogen-bond acceptors (Lipinski definition) is 9. The summed E-state index contributed by atoms with van der Waals surface area (Å²) in [7, 11) is 1.85. The number of amides is 2. The molecule has 3 aromatic rings. The maximum absolute atomic E-state index is 12.3. The van der Waals surface area contributed by atoms with Gasteiger partial charge >= 0.3 is 6.09 Å². The first-order valence-electron chi connectivity index (χ1n) is 12.1. The third-order valence-electron chi connectivity index (χ3n) is 6.10. The lowest BCUT2D eigenvalue weighted by molar-refractivity contribution is 0.0472. The van der Waals surface area contributed by atoms with Gasteiger partial charge in [0, 0.05) is 25.0 Å². The molecule has 2 heterocycles. The van der Waals surface area contributed by atoms with Crippen LogP contribution in [0.2, 0.25) is 0 Å². The minimum atomic E-state index is -0.740. The number of nitrogens with zero attached hydrogens (tertiary/aromatic N) is 5. The number of benzene rings is 1. The summed E-state index contributed by atoms with van der Waals surface area (Å²) in [4.78, 5) is 28.8. The summed E-state index contributed by atoms with van der Waals surface area (Å²) in [6.07, 6.45) is 5.23. The van der Waals surface area contributed by atoms with Gasteiger partial charge in [0.25, 0.3) is 5.91 Å². The second kappa shape index (κ2) is 10.3. The number of rotatable bonds is 7. The Kier molecular flexibility index (Phi) is 7.22. The summed E-state index contributed by atoms with van der Waals surface area (Å²) >= 11 is 0. The van der Waals surface area contributed by atoms with Gasteiger partial charge in [-0.25, -0.2) is 4.79 Å². The molecule has 1 aliphatic carbocycles. The smallest absolute Gasteiger partial charge is 0.407 e. The van der Waals surface area contributed by atoms with Crippen LogP contribution in [0.4, 0.5) is 22.2 Å². The Bertz CT molecular complexity index is 1250. The molecule has 1 saturated carbocycles. The summed E-state index contributed by atoms with van der Waals surface area (Å²) in [5.74, 6) is -0.131. The second-order valence-corrected chi connectivity index (χ2v) is 10.0. The van der Waals surface area contributed by atoms with E-state index in [4.69, 9.17) is 10.5 Å². The number of fused-ring (bicyclic) bond motifs is 1. The van der Waals surface area contributed by atoms with E-state index in [1.165, 1.54) is 0 Å². The number of carbonyl (C=O) groups excluding carboxylic acids is 2. The summed E-state index contributed by atoms with van der Waals surface area (Å²) in [6.45, 7) is 6.04. The van der Waals surface area contributed by atoms with Crippen molar-refractivity contribution in [2.24, 2.45) is 18.7 Å². The van der Waals surface area contributed by atoms with Gasteiger partial charge in [0.2, 0.25) is 5.95 Å². The Hall–Kier alpha value is -3.96. The standard InChI is InChI=1S/C24H33N9O3/c1-24(2,3)36-23(35)29-16-9-6-5-8-14(16)12-26-22-30-21(19(20(25)34)31-32-22)28-17-10-7-11-18-15(17)13-27-33(18)4/h7,10-11,13-14,16H,5-6,8-9,12H2,1-4H3,(H2,25,34)(H,29,35)(H2,26,28,30,32)/t14-,16-/m0/s1. The van der Waals surface area contributed by atoms with E-state index >= 15 is 0 Å². The third-order valence-corrected chi connectivity index (χ3v) is 6.10. The van der Waals surface area contributed by atoms with Crippen molar-refractivity contribution >= 4 is 40.4 Å². The number of anilines is 3. The van der Waals surface area contributed by atoms with Crippen molar-refractivity contribution < 1.29 is 14.3 Å². The minimum absolute atomic E-state index is 0.0280. The predicted octanol–water partition coefficient (Wildman–Crippen LogP) is 3.10. The second-order valence-electron chi connectivity index (χ2n) is 10.0. The van der Waals surface area contributed by atoms with E-state index in [9.17, 15) is 9.59 Å². The Morgan fingerprint density at radius 1 is 1.19 bits per heavy atom. The Labute approximate surface area is 209 Å². The zero-order valence-corrected chi connectivity index (χ0v) is 21.0. The van der Waals surface area contributed by atoms with Crippen LogP contribution in [-0.2, 0) is 11.8 Å². The average Bonchev–Trinajstić information content (AvgIpc) is 3.19. The highest BCUT2D eigenvalue weighted by atomic mass is 16.6. The molecule has 12 heteroatoms. The maximum atomic E-state index is 12.3. The van der Waals surface area contributed by atoms with Crippen molar-refractivity contribution in [3.63, 3.8) is 0 Å². The van der Waals surface area contributed by atoms with Crippen LogP contribution in [0.25, 0.3) is 10.9 Å². The molecule has 36 heavy (non-hydrogen) atoms. The van der Waals surface area contributed by atoms with Crippen LogP contribution >= 0.6 is 0 Å². The monoisotopic (exact) mass is 495 g/mol. The number of alkyl carbamates (subject to hydrolysis) is 1. The van der Waals surface area contributed by atoms with Crippen LogP contribution < -0.4 is 21.7 Å². The number of primary amides is 1. The largest absolute Gasteiger partial charge is 0.444 e. The number of ether oxygens (including phenoxy) is 1. The van der Waals surface area contributed by atoms with Crippen molar-refractivity contribution in [2.45, 2.75) is 58.1 Å².